The van der Waals surface area contributed by atoms with Gasteiger partial charge in [-0.3, -0.25) is 4.79 Å². The molecule has 6 nitrogen and oxygen atoms in total. The Morgan fingerprint density at radius 3 is 2.31 bits per heavy atom. The van der Waals surface area contributed by atoms with E-state index in [1.54, 1.807) is 48.5 Å². The third kappa shape index (κ3) is 3.74. The molecule has 0 unspecified atom stereocenters. The van der Waals surface area contributed by atoms with Crippen molar-refractivity contribution in [3.8, 4) is 29.3 Å². The fraction of sp³-hybridized carbons (Fsp3) is 0. The minimum absolute atomic E-state index is 0.226. The first-order valence-corrected chi connectivity index (χ1v) is 7.61. The molecule has 0 bridgehead atoms. The summed E-state index contributed by atoms with van der Waals surface area (Å²) in [5, 5.41) is 9.13. The number of nitriles is 1. The van der Waals surface area contributed by atoms with E-state index in [-0.39, 0.29) is 11.8 Å². The second-order valence-corrected chi connectivity index (χ2v) is 5.15. The second-order valence-electron chi connectivity index (χ2n) is 5.15. The number of ether oxygens (including phenoxy) is 2. The molecule has 0 atom stereocenters. The van der Waals surface area contributed by atoms with Crippen molar-refractivity contribution in [3.05, 3.63) is 78.6 Å². The molecule has 0 saturated heterocycles. The van der Waals surface area contributed by atoms with Gasteiger partial charge in [0.2, 0.25) is 11.8 Å². The van der Waals surface area contributed by atoms with Gasteiger partial charge in [-0.25, -0.2) is 9.97 Å². The average molecular weight is 343 g/mol. The molecule has 1 heterocycles. The van der Waals surface area contributed by atoms with Gasteiger partial charge in [0.1, 0.15) is 30.2 Å². The second kappa shape index (κ2) is 7.73. The molecule has 26 heavy (non-hydrogen) atoms. The quantitative estimate of drug-likeness (QED) is 0.494. The standard InChI is InChI=1S/C20H13N3O3/c1-14(12-24)16-7-3-5-9-18(16)26-20-10-19(22-13-23-20)25-17-8-4-2-6-15(17)11-21/h2-10,12-13H,1H2. The molecule has 6 heteroatoms. The number of aromatic nitrogens is 2. The highest BCUT2D eigenvalue weighted by atomic mass is 16.5. The number of benzene rings is 2. The third-order valence-corrected chi connectivity index (χ3v) is 3.43. The summed E-state index contributed by atoms with van der Waals surface area (Å²) < 4.78 is 11.4. The molecule has 126 valence electrons. The van der Waals surface area contributed by atoms with E-state index in [4.69, 9.17) is 14.7 Å². The molecule has 0 aliphatic rings. The Balaban J connectivity index is 1.86. The van der Waals surface area contributed by atoms with Crippen LogP contribution in [0.4, 0.5) is 0 Å². The van der Waals surface area contributed by atoms with Crippen LogP contribution in [0, 0.1) is 11.3 Å². The van der Waals surface area contributed by atoms with Crippen LogP contribution < -0.4 is 9.47 Å². The summed E-state index contributed by atoms with van der Waals surface area (Å²) >= 11 is 0. The first kappa shape index (κ1) is 16.9. The van der Waals surface area contributed by atoms with Crippen LogP contribution in [0.5, 0.6) is 23.3 Å². The summed E-state index contributed by atoms with van der Waals surface area (Å²) in [5.41, 5.74) is 1.26. The third-order valence-electron chi connectivity index (χ3n) is 3.43. The monoisotopic (exact) mass is 343 g/mol. The van der Waals surface area contributed by atoms with Crippen LogP contribution in [0.1, 0.15) is 11.1 Å². The van der Waals surface area contributed by atoms with Crippen molar-refractivity contribution in [1.29, 1.82) is 5.26 Å². The van der Waals surface area contributed by atoms with Gasteiger partial charge in [-0.1, -0.05) is 36.9 Å². The lowest BCUT2D eigenvalue weighted by molar-refractivity contribution is -0.103. The fourth-order valence-electron chi connectivity index (χ4n) is 2.19. The van der Waals surface area contributed by atoms with Gasteiger partial charge in [-0.2, -0.15) is 5.26 Å². The number of rotatable bonds is 6. The summed E-state index contributed by atoms with van der Waals surface area (Å²) in [7, 11) is 0. The first-order valence-electron chi connectivity index (χ1n) is 7.61. The lowest BCUT2D eigenvalue weighted by atomic mass is 10.1. The first-order chi connectivity index (χ1) is 12.7. The lowest BCUT2D eigenvalue weighted by Gasteiger charge is -2.11. The van der Waals surface area contributed by atoms with Crippen molar-refractivity contribution in [2.75, 3.05) is 0 Å². The van der Waals surface area contributed by atoms with Gasteiger partial charge >= 0.3 is 0 Å². The molecule has 0 aliphatic heterocycles. The molecule has 0 radical (unpaired) electrons. The van der Waals surface area contributed by atoms with Crippen molar-refractivity contribution in [3.63, 3.8) is 0 Å². The van der Waals surface area contributed by atoms with Gasteiger partial charge < -0.3 is 9.47 Å². The van der Waals surface area contributed by atoms with E-state index in [2.05, 4.69) is 22.6 Å². The summed E-state index contributed by atoms with van der Waals surface area (Å²) in [6, 6.07) is 17.4. The zero-order chi connectivity index (χ0) is 18.4. The normalized spacial score (nSPS) is 9.81. The Kier molecular flexibility index (Phi) is 5.01. The number of hydrogen-bond acceptors (Lipinski definition) is 6. The van der Waals surface area contributed by atoms with Crippen LogP contribution in [-0.2, 0) is 4.79 Å². The van der Waals surface area contributed by atoms with Gasteiger partial charge in [0.05, 0.1) is 11.6 Å². The highest BCUT2D eigenvalue weighted by Crippen LogP contribution is 2.30. The van der Waals surface area contributed by atoms with Gasteiger partial charge in [-0.05, 0) is 18.2 Å². The summed E-state index contributed by atoms with van der Waals surface area (Å²) in [4.78, 5) is 19.1. The van der Waals surface area contributed by atoms with Crippen molar-refractivity contribution < 1.29 is 14.3 Å². The largest absolute Gasteiger partial charge is 0.438 e. The lowest BCUT2D eigenvalue weighted by Crippen LogP contribution is -1.96. The Morgan fingerprint density at radius 1 is 1.00 bits per heavy atom. The molecular formula is C20H13N3O3. The summed E-state index contributed by atoms with van der Waals surface area (Å²) in [5.74, 6) is 1.28. The number of nitrogens with zero attached hydrogens (tertiary/aromatic N) is 3. The molecule has 0 spiro atoms. The SMILES string of the molecule is C=C(C=O)c1ccccc1Oc1cc(Oc2ccccc2C#N)ncn1. The molecule has 0 aliphatic carbocycles. The molecule has 3 rings (SSSR count). The molecule has 0 fully saturated rings. The van der Waals surface area contributed by atoms with Crippen LogP contribution in [0.15, 0.2) is 67.5 Å². The molecule has 2 aromatic carbocycles. The van der Waals surface area contributed by atoms with E-state index < -0.39 is 0 Å². The van der Waals surface area contributed by atoms with Crippen LogP contribution in [0.2, 0.25) is 0 Å². The van der Waals surface area contributed by atoms with Crippen LogP contribution in [0.3, 0.4) is 0 Å². The van der Waals surface area contributed by atoms with E-state index in [1.165, 1.54) is 12.4 Å². The Morgan fingerprint density at radius 2 is 1.62 bits per heavy atom. The average Bonchev–Trinajstić information content (AvgIpc) is 2.68. The van der Waals surface area contributed by atoms with Crippen LogP contribution in [0.25, 0.3) is 5.57 Å². The maximum atomic E-state index is 11.0. The smallest absolute Gasteiger partial charge is 0.226 e. The Bertz CT molecular complexity index is 1010. The van der Waals surface area contributed by atoms with E-state index in [9.17, 15) is 4.79 Å². The van der Waals surface area contributed by atoms with Crippen molar-refractivity contribution >= 4 is 11.9 Å². The summed E-state index contributed by atoms with van der Waals surface area (Å²) in [6.45, 7) is 3.70. The minimum Gasteiger partial charge on any atom is -0.438 e. The minimum atomic E-state index is 0.226. The maximum absolute atomic E-state index is 11.0. The highest BCUT2D eigenvalue weighted by molar-refractivity contribution is 6.06. The summed E-state index contributed by atoms with van der Waals surface area (Å²) in [6.07, 6.45) is 1.95. The molecular weight excluding hydrogens is 330 g/mol. The zero-order valence-electron chi connectivity index (χ0n) is 13.6. The highest BCUT2D eigenvalue weighted by Gasteiger charge is 2.10. The van der Waals surface area contributed by atoms with E-state index in [0.29, 0.717) is 34.5 Å². The van der Waals surface area contributed by atoms with Crippen LogP contribution >= 0.6 is 0 Å². The number of allylic oxidation sites excluding steroid dienone is 1. The molecule has 3 aromatic rings. The predicted octanol–water partition coefficient (Wildman–Crippen LogP) is 4.14. The molecule has 0 N–H and O–H groups in total. The van der Waals surface area contributed by atoms with Crippen molar-refractivity contribution in [2.24, 2.45) is 0 Å². The number of para-hydroxylation sites is 2. The molecule has 0 amide bonds. The zero-order valence-corrected chi connectivity index (χ0v) is 13.6. The number of carbonyl (C=O) groups excluding carboxylic acids is 1. The number of aldehydes is 1. The van der Waals surface area contributed by atoms with Gasteiger partial charge in [0, 0.05) is 11.1 Å². The van der Waals surface area contributed by atoms with E-state index in [1.807, 2.05) is 0 Å². The van der Waals surface area contributed by atoms with Crippen molar-refractivity contribution in [2.45, 2.75) is 0 Å². The van der Waals surface area contributed by atoms with Gasteiger partial charge in [0.25, 0.3) is 0 Å². The van der Waals surface area contributed by atoms with E-state index in [0.717, 1.165) is 0 Å². The Hall–Kier alpha value is -3.98. The van der Waals surface area contributed by atoms with E-state index >= 15 is 0 Å². The van der Waals surface area contributed by atoms with Gasteiger partial charge in [-0.15, -0.1) is 0 Å². The molecule has 1 aromatic heterocycles. The maximum Gasteiger partial charge on any atom is 0.226 e. The number of carbonyl (C=O) groups is 1. The topological polar surface area (TPSA) is 85.1 Å². The van der Waals surface area contributed by atoms with Crippen molar-refractivity contribution in [1.82, 2.24) is 9.97 Å². The van der Waals surface area contributed by atoms with Crippen LogP contribution in [-0.4, -0.2) is 16.3 Å². The van der Waals surface area contributed by atoms with Gasteiger partial charge in [0.15, 0.2) is 0 Å². The predicted molar refractivity (Wildman–Crippen MR) is 94.9 cm³/mol. The fourth-order valence-corrected chi connectivity index (χ4v) is 2.19. The molecule has 0 saturated carbocycles. The Labute approximate surface area is 150 Å². The number of hydrogen-bond donors (Lipinski definition) is 0.